The first-order chi connectivity index (χ1) is 9.43. The highest BCUT2D eigenvalue weighted by Crippen LogP contribution is 2.10. The van der Waals surface area contributed by atoms with E-state index in [-0.39, 0.29) is 17.5 Å². The Balaban J connectivity index is 2.45. The highest BCUT2D eigenvalue weighted by atomic mass is 16.4. The minimum atomic E-state index is -0.991. The van der Waals surface area contributed by atoms with E-state index < -0.39 is 5.97 Å². The molecule has 0 aliphatic heterocycles. The molecule has 1 aromatic heterocycles. The molecule has 0 saturated heterocycles. The molecule has 6 heteroatoms. The van der Waals surface area contributed by atoms with Crippen LogP contribution in [0.1, 0.15) is 42.7 Å². The molecule has 0 fully saturated rings. The van der Waals surface area contributed by atoms with Gasteiger partial charge in [0.1, 0.15) is 5.82 Å². The van der Waals surface area contributed by atoms with E-state index in [4.69, 9.17) is 5.11 Å². The largest absolute Gasteiger partial charge is 0.478 e. The van der Waals surface area contributed by atoms with Crippen LogP contribution in [0.3, 0.4) is 0 Å². The van der Waals surface area contributed by atoms with Crippen molar-refractivity contribution in [2.75, 3.05) is 11.9 Å². The zero-order chi connectivity index (χ0) is 15.1. The second kappa shape index (κ2) is 7.47. The third-order valence-electron chi connectivity index (χ3n) is 2.99. The van der Waals surface area contributed by atoms with Crippen molar-refractivity contribution in [3.05, 3.63) is 23.4 Å². The van der Waals surface area contributed by atoms with Crippen molar-refractivity contribution in [2.45, 2.75) is 39.7 Å². The highest BCUT2D eigenvalue weighted by molar-refractivity contribution is 5.89. The Kier molecular flexibility index (Phi) is 5.96. The van der Waals surface area contributed by atoms with Gasteiger partial charge >= 0.3 is 5.97 Å². The molecule has 0 radical (unpaired) electrons. The van der Waals surface area contributed by atoms with Gasteiger partial charge in [0.25, 0.3) is 0 Å². The minimum Gasteiger partial charge on any atom is -0.478 e. The first kappa shape index (κ1) is 15.9. The van der Waals surface area contributed by atoms with Gasteiger partial charge in [-0.25, -0.2) is 9.78 Å². The van der Waals surface area contributed by atoms with Crippen LogP contribution >= 0.6 is 0 Å². The molecule has 0 aliphatic carbocycles. The fraction of sp³-hybridized carbons (Fsp3) is 0.500. The van der Waals surface area contributed by atoms with Crippen molar-refractivity contribution in [3.63, 3.8) is 0 Å². The number of hydrogen-bond donors (Lipinski definition) is 3. The van der Waals surface area contributed by atoms with Gasteiger partial charge < -0.3 is 15.7 Å². The number of nitrogens with zero attached hydrogens (tertiary/aromatic N) is 1. The number of carbonyl (C=O) groups excluding carboxylic acids is 1. The van der Waals surface area contributed by atoms with Crippen LogP contribution in [0.4, 0.5) is 5.82 Å². The van der Waals surface area contributed by atoms with E-state index in [1.807, 2.05) is 13.8 Å². The quantitative estimate of drug-likeness (QED) is 0.708. The van der Waals surface area contributed by atoms with E-state index in [2.05, 4.69) is 15.6 Å². The predicted octanol–water partition coefficient (Wildman–Crippen LogP) is 1.80. The minimum absolute atomic E-state index is 0.00859. The summed E-state index contributed by atoms with van der Waals surface area (Å²) in [6, 6.07) is 3.28. The van der Waals surface area contributed by atoms with Crippen LogP contribution in [0.2, 0.25) is 0 Å². The maximum absolute atomic E-state index is 11.6. The molecule has 0 aliphatic rings. The number of aromatic nitrogens is 1. The molecule has 110 valence electrons. The molecule has 20 heavy (non-hydrogen) atoms. The van der Waals surface area contributed by atoms with Crippen LogP contribution in [0.5, 0.6) is 0 Å². The average molecular weight is 279 g/mol. The van der Waals surface area contributed by atoms with Crippen LogP contribution in [-0.2, 0) is 4.79 Å². The number of anilines is 1. The SMILES string of the molecule is CCC(C)NC(=O)CCNc1ccc(C(=O)O)c(C)n1. The second-order valence-electron chi connectivity index (χ2n) is 4.69. The Morgan fingerprint density at radius 2 is 2.10 bits per heavy atom. The molecule has 6 nitrogen and oxygen atoms in total. The smallest absolute Gasteiger partial charge is 0.337 e. The Bertz CT molecular complexity index is 489. The summed E-state index contributed by atoms with van der Waals surface area (Å²) in [5.74, 6) is -0.427. The summed E-state index contributed by atoms with van der Waals surface area (Å²) < 4.78 is 0. The van der Waals surface area contributed by atoms with Crippen LogP contribution in [0.15, 0.2) is 12.1 Å². The molecule has 0 spiro atoms. The summed E-state index contributed by atoms with van der Waals surface area (Å²) in [7, 11) is 0. The molecule has 1 atom stereocenters. The summed E-state index contributed by atoms with van der Waals surface area (Å²) in [5, 5.41) is 14.8. The maximum atomic E-state index is 11.6. The molecular weight excluding hydrogens is 258 g/mol. The first-order valence-electron chi connectivity index (χ1n) is 6.68. The van der Waals surface area contributed by atoms with Crippen molar-refractivity contribution >= 4 is 17.7 Å². The van der Waals surface area contributed by atoms with Crippen molar-refractivity contribution in [1.82, 2.24) is 10.3 Å². The lowest BCUT2D eigenvalue weighted by Crippen LogP contribution is -2.33. The summed E-state index contributed by atoms with van der Waals surface area (Å²) in [4.78, 5) is 26.6. The zero-order valence-corrected chi connectivity index (χ0v) is 12.1. The molecule has 1 heterocycles. The number of aryl methyl sites for hydroxylation is 1. The fourth-order valence-corrected chi connectivity index (χ4v) is 1.64. The number of carbonyl (C=O) groups is 2. The molecular formula is C14H21N3O3. The van der Waals surface area contributed by atoms with Crippen molar-refractivity contribution in [3.8, 4) is 0 Å². The van der Waals surface area contributed by atoms with Gasteiger partial charge in [0, 0.05) is 19.0 Å². The summed E-state index contributed by atoms with van der Waals surface area (Å²) in [6.07, 6.45) is 1.25. The molecule has 1 amide bonds. The number of pyridine rings is 1. The van der Waals surface area contributed by atoms with Gasteiger partial charge in [0.05, 0.1) is 11.3 Å². The van der Waals surface area contributed by atoms with E-state index >= 15 is 0 Å². The maximum Gasteiger partial charge on any atom is 0.337 e. The third kappa shape index (κ3) is 4.87. The number of carboxylic acids is 1. The van der Waals surface area contributed by atoms with Gasteiger partial charge in [-0.15, -0.1) is 0 Å². The standard InChI is InChI=1S/C14H21N3O3/c1-4-9(2)16-13(18)7-8-15-12-6-5-11(14(19)20)10(3)17-12/h5-6,9H,4,7-8H2,1-3H3,(H,15,17)(H,16,18)(H,19,20). The lowest BCUT2D eigenvalue weighted by molar-refractivity contribution is -0.121. The topological polar surface area (TPSA) is 91.3 Å². The van der Waals surface area contributed by atoms with E-state index in [9.17, 15) is 9.59 Å². The Morgan fingerprint density at radius 1 is 1.40 bits per heavy atom. The number of amides is 1. The van der Waals surface area contributed by atoms with Crippen LogP contribution < -0.4 is 10.6 Å². The first-order valence-corrected chi connectivity index (χ1v) is 6.68. The van der Waals surface area contributed by atoms with E-state index in [1.165, 1.54) is 6.07 Å². The van der Waals surface area contributed by atoms with Crippen molar-refractivity contribution in [2.24, 2.45) is 0 Å². The number of rotatable bonds is 7. The van der Waals surface area contributed by atoms with Crippen molar-refractivity contribution < 1.29 is 14.7 Å². The third-order valence-corrected chi connectivity index (χ3v) is 2.99. The van der Waals surface area contributed by atoms with E-state index in [0.29, 0.717) is 24.5 Å². The van der Waals surface area contributed by atoms with Crippen LogP contribution in [0.25, 0.3) is 0 Å². The van der Waals surface area contributed by atoms with E-state index in [1.54, 1.807) is 13.0 Å². The lowest BCUT2D eigenvalue weighted by Gasteiger charge is -2.12. The van der Waals surface area contributed by atoms with Gasteiger partial charge in [-0.05, 0) is 32.4 Å². The predicted molar refractivity (Wildman–Crippen MR) is 76.9 cm³/mol. The van der Waals surface area contributed by atoms with Gasteiger partial charge in [-0.2, -0.15) is 0 Å². The van der Waals surface area contributed by atoms with Gasteiger partial charge in [-0.3, -0.25) is 4.79 Å². The molecule has 0 saturated carbocycles. The van der Waals surface area contributed by atoms with Crippen LogP contribution in [-0.4, -0.2) is 34.6 Å². The average Bonchev–Trinajstić information content (AvgIpc) is 2.38. The normalized spacial score (nSPS) is 11.8. The number of nitrogens with one attached hydrogen (secondary N) is 2. The molecule has 1 rings (SSSR count). The summed E-state index contributed by atoms with van der Waals surface area (Å²) >= 11 is 0. The molecule has 0 aromatic carbocycles. The Morgan fingerprint density at radius 3 is 2.65 bits per heavy atom. The number of hydrogen-bond acceptors (Lipinski definition) is 4. The molecule has 3 N–H and O–H groups in total. The molecule has 0 bridgehead atoms. The van der Waals surface area contributed by atoms with Crippen LogP contribution in [0, 0.1) is 6.92 Å². The monoisotopic (exact) mass is 279 g/mol. The van der Waals surface area contributed by atoms with Crippen molar-refractivity contribution in [1.29, 1.82) is 0 Å². The molecule has 1 unspecified atom stereocenters. The Hall–Kier alpha value is -2.11. The fourth-order valence-electron chi connectivity index (χ4n) is 1.64. The van der Waals surface area contributed by atoms with Gasteiger partial charge in [0.15, 0.2) is 0 Å². The van der Waals surface area contributed by atoms with Gasteiger partial charge in [0.2, 0.25) is 5.91 Å². The Labute approximate surface area is 118 Å². The van der Waals surface area contributed by atoms with Gasteiger partial charge in [-0.1, -0.05) is 6.92 Å². The second-order valence-corrected chi connectivity index (χ2v) is 4.69. The highest BCUT2D eigenvalue weighted by Gasteiger charge is 2.09. The summed E-state index contributed by atoms with van der Waals surface area (Å²) in [5.41, 5.74) is 0.636. The van der Waals surface area contributed by atoms with E-state index in [0.717, 1.165) is 6.42 Å². The number of carboxylic acid groups (broad SMARTS) is 1. The number of aromatic carboxylic acids is 1. The zero-order valence-electron chi connectivity index (χ0n) is 12.1. The molecule has 1 aromatic rings. The summed E-state index contributed by atoms with van der Waals surface area (Å²) in [6.45, 7) is 6.08. The lowest BCUT2D eigenvalue weighted by atomic mass is 10.2.